The average molecular weight is 308 g/mol. The molecule has 0 amide bonds. The molecule has 7 heteroatoms. The van der Waals surface area contributed by atoms with Gasteiger partial charge in [0.2, 0.25) is 5.75 Å². The second-order valence-electron chi connectivity index (χ2n) is 4.48. The molecule has 22 heavy (non-hydrogen) atoms. The maximum absolute atomic E-state index is 12.6. The van der Waals surface area contributed by atoms with Crippen LogP contribution in [0.2, 0.25) is 0 Å². The molecule has 0 saturated heterocycles. The highest BCUT2D eigenvalue weighted by atomic mass is 16.5. The van der Waals surface area contributed by atoms with Gasteiger partial charge in [-0.3, -0.25) is 9.36 Å². The SMILES string of the molecule is CCOCCn1cnc2c(OC)c(OC)c(OC)cc2c1=O. The predicted octanol–water partition coefficient (Wildman–Crippen LogP) is 1.46. The molecule has 0 radical (unpaired) electrons. The van der Waals surface area contributed by atoms with Crippen LogP contribution in [0.25, 0.3) is 10.9 Å². The molecule has 0 aliphatic carbocycles. The van der Waals surface area contributed by atoms with Crippen LogP contribution in [0.15, 0.2) is 17.2 Å². The Balaban J connectivity index is 2.61. The molecule has 0 fully saturated rings. The molecule has 0 spiro atoms. The molecule has 0 aliphatic rings. The molecule has 0 unspecified atom stereocenters. The van der Waals surface area contributed by atoms with Gasteiger partial charge in [-0.15, -0.1) is 0 Å². The Morgan fingerprint density at radius 1 is 1.14 bits per heavy atom. The van der Waals surface area contributed by atoms with E-state index in [4.69, 9.17) is 18.9 Å². The number of aromatic nitrogens is 2. The smallest absolute Gasteiger partial charge is 0.261 e. The topological polar surface area (TPSA) is 71.8 Å². The third-order valence-corrected chi connectivity index (χ3v) is 3.30. The predicted molar refractivity (Wildman–Crippen MR) is 82.2 cm³/mol. The summed E-state index contributed by atoms with van der Waals surface area (Å²) in [6, 6.07) is 1.61. The molecule has 0 N–H and O–H groups in total. The van der Waals surface area contributed by atoms with Gasteiger partial charge in [-0.05, 0) is 13.0 Å². The van der Waals surface area contributed by atoms with E-state index in [0.717, 1.165) is 0 Å². The number of ether oxygens (including phenoxy) is 4. The number of methoxy groups -OCH3 is 3. The molecule has 7 nitrogen and oxygen atoms in total. The van der Waals surface area contributed by atoms with Gasteiger partial charge in [0.05, 0.1) is 46.2 Å². The molecular formula is C15H20N2O5. The lowest BCUT2D eigenvalue weighted by atomic mass is 10.2. The largest absolute Gasteiger partial charge is 0.493 e. The van der Waals surface area contributed by atoms with Crippen molar-refractivity contribution in [2.24, 2.45) is 0 Å². The Hall–Kier alpha value is -2.28. The summed E-state index contributed by atoms with van der Waals surface area (Å²) in [5, 5.41) is 0.411. The maximum Gasteiger partial charge on any atom is 0.261 e. The number of fused-ring (bicyclic) bond motifs is 1. The van der Waals surface area contributed by atoms with Crippen LogP contribution in [-0.2, 0) is 11.3 Å². The summed E-state index contributed by atoms with van der Waals surface area (Å²) in [6.07, 6.45) is 1.48. The van der Waals surface area contributed by atoms with E-state index in [1.807, 2.05) is 6.92 Å². The van der Waals surface area contributed by atoms with Crippen molar-refractivity contribution in [3.05, 3.63) is 22.7 Å². The first-order chi connectivity index (χ1) is 10.7. The average Bonchev–Trinajstić information content (AvgIpc) is 2.55. The van der Waals surface area contributed by atoms with Gasteiger partial charge in [-0.2, -0.15) is 0 Å². The van der Waals surface area contributed by atoms with Crippen LogP contribution in [0.4, 0.5) is 0 Å². The Kier molecular flexibility index (Phi) is 5.21. The fourth-order valence-corrected chi connectivity index (χ4v) is 2.23. The van der Waals surface area contributed by atoms with Gasteiger partial charge in [0.15, 0.2) is 11.5 Å². The van der Waals surface area contributed by atoms with Crippen LogP contribution in [0.3, 0.4) is 0 Å². The quantitative estimate of drug-likeness (QED) is 0.721. The fraction of sp³-hybridized carbons (Fsp3) is 0.467. The number of rotatable bonds is 7. The molecule has 2 rings (SSSR count). The van der Waals surface area contributed by atoms with Gasteiger partial charge >= 0.3 is 0 Å². The first-order valence-electron chi connectivity index (χ1n) is 6.93. The van der Waals surface area contributed by atoms with E-state index in [0.29, 0.717) is 47.9 Å². The van der Waals surface area contributed by atoms with Crippen molar-refractivity contribution in [2.45, 2.75) is 13.5 Å². The third-order valence-electron chi connectivity index (χ3n) is 3.30. The molecule has 0 atom stereocenters. The molecule has 0 saturated carbocycles. The maximum atomic E-state index is 12.6. The summed E-state index contributed by atoms with van der Waals surface area (Å²) in [7, 11) is 4.52. The summed E-state index contributed by atoms with van der Waals surface area (Å²) in [4.78, 5) is 16.9. The second kappa shape index (κ2) is 7.13. The van der Waals surface area contributed by atoms with Crippen LogP contribution >= 0.6 is 0 Å². The molecule has 2 aromatic rings. The lowest BCUT2D eigenvalue weighted by Crippen LogP contribution is -2.23. The molecule has 0 bridgehead atoms. The third kappa shape index (κ3) is 2.85. The summed E-state index contributed by atoms with van der Waals surface area (Å²) in [5.74, 6) is 1.22. The highest BCUT2D eigenvalue weighted by molar-refractivity contribution is 5.89. The number of hydrogen-bond acceptors (Lipinski definition) is 6. The molecular weight excluding hydrogens is 288 g/mol. The summed E-state index contributed by atoms with van der Waals surface area (Å²) in [5.41, 5.74) is 0.266. The first-order valence-corrected chi connectivity index (χ1v) is 6.93. The minimum atomic E-state index is -0.177. The lowest BCUT2D eigenvalue weighted by molar-refractivity contribution is 0.138. The first kappa shape index (κ1) is 16.1. The van der Waals surface area contributed by atoms with Crippen molar-refractivity contribution in [3.63, 3.8) is 0 Å². The Morgan fingerprint density at radius 3 is 2.45 bits per heavy atom. The highest BCUT2D eigenvalue weighted by Gasteiger charge is 2.19. The molecule has 1 aromatic heterocycles. The highest BCUT2D eigenvalue weighted by Crippen LogP contribution is 2.41. The van der Waals surface area contributed by atoms with Gasteiger partial charge in [0, 0.05) is 6.61 Å². The van der Waals surface area contributed by atoms with Gasteiger partial charge < -0.3 is 18.9 Å². The van der Waals surface area contributed by atoms with E-state index >= 15 is 0 Å². The van der Waals surface area contributed by atoms with E-state index < -0.39 is 0 Å². The van der Waals surface area contributed by atoms with E-state index in [1.165, 1.54) is 32.2 Å². The molecule has 1 heterocycles. The van der Waals surface area contributed by atoms with Crippen molar-refractivity contribution in [1.82, 2.24) is 9.55 Å². The molecule has 0 aliphatic heterocycles. The number of benzene rings is 1. The zero-order chi connectivity index (χ0) is 16.1. The van der Waals surface area contributed by atoms with Crippen LogP contribution < -0.4 is 19.8 Å². The second-order valence-corrected chi connectivity index (χ2v) is 4.48. The van der Waals surface area contributed by atoms with Crippen molar-refractivity contribution in [2.75, 3.05) is 34.5 Å². The van der Waals surface area contributed by atoms with Crippen molar-refractivity contribution >= 4 is 10.9 Å². The van der Waals surface area contributed by atoms with Crippen molar-refractivity contribution in [3.8, 4) is 17.2 Å². The van der Waals surface area contributed by atoms with Crippen molar-refractivity contribution < 1.29 is 18.9 Å². The normalized spacial score (nSPS) is 10.7. The van der Waals surface area contributed by atoms with Crippen LogP contribution in [0, 0.1) is 0 Å². The molecule has 1 aromatic carbocycles. The van der Waals surface area contributed by atoms with Gasteiger partial charge in [-0.25, -0.2) is 4.98 Å². The molecule has 120 valence electrons. The fourth-order valence-electron chi connectivity index (χ4n) is 2.23. The Morgan fingerprint density at radius 2 is 1.86 bits per heavy atom. The zero-order valence-corrected chi connectivity index (χ0v) is 13.2. The standard InChI is InChI=1S/C15H20N2O5/c1-5-22-7-6-17-9-16-12-10(15(17)18)8-11(19-2)13(20-3)14(12)21-4/h8-9H,5-7H2,1-4H3. The lowest BCUT2D eigenvalue weighted by Gasteiger charge is -2.14. The van der Waals surface area contributed by atoms with E-state index in [9.17, 15) is 4.79 Å². The van der Waals surface area contributed by atoms with E-state index in [1.54, 1.807) is 6.07 Å². The van der Waals surface area contributed by atoms with E-state index in [-0.39, 0.29) is 5.56 Å². The van der Waals surface area contributed by atoms with Crippen molar-refractivity contribution in [1.29, 1.82) is 0 Å². The van der Waals surface area contributed by atoms with Gasteiger partial charge in [0.1, 0.15) is 5.52 Å². The minimum absolute atomic E-state index is 0.177. The zero-order valence-electron chi connectivity index (χ0n) is 13.2. The van der Waals surface area contributed by atoms with Crippen LogP contribution in [0.5, 0.6) is 17.2 Å². The summed E-state index contributed by atoms with van der Waals surface area (Å²) in [6.45, 7) is 3.40. The van der Waals surface area contributed by atoms with Gasteiger partial charge in [-0.1, -0.05) is 0 Å². The Labute approximate surface area is 128 Å². The van der Waals surface area contributed by atoms with Crippen LogP contribution in [0.1, 0.15) is 6.92 Å². The number of hydrogen-bond donors (Lipinski definition) is 0. The Bertz CT molecular complexity index is 711. The summed E-state index contributed by atoms with van der Waals surface area (Å²) < 4.78 is 22.7. The summed E-state index contributed by atoms with van der Waals surface area (Å²) >= 11 is 0. The van der Waals surface area contributed by atoms with Gasteiger partial charge in [0.25, 0.3) is 5.56 Å². The van der Waals surface area contributed by atoms with E-state index in [2.05, 4.69) is 4.98 Å². The van der Waals surface area contributed by atoms with Crippen LogP contribution in [-0.4, -0.2) is 44.1 Å². The minimum Gasteiger partial charge on any atom is -0.493 e. The number of nitrogens with zero attached hydrogens (tertiary/aromatic N) is 2. The monoisotopic (exact) mass is 308 g/mol.